The number of methoxy groups -OCH3 is 1. The smallest absolute Gasteiger partial charge is 0.282 e. The van der Waals surface area contributed by atoms with Crippen LogP contribution < -0.4 is 15.4 Å². The van der Waals surface area contributed by atoms with Gasteiger partial charge in [-0.25, -0.2) is 0 Å². The summed E-state index contributed by atoms with van der Waals surface area (Å²) in [5, 5.41) is 7.14. The van der Waals surface area contributed by atoms with Crippen LogP contribution in [-0.2, 0) is 4.79 Å². The molecule has 3 N–H and O–H groups in total. The van der Waals surface area contributed by atoms with Crippen LogP contribution in [0.25, 0.3) is 0 Å². The Morgan fingerprint density at radius 3 is 2.46 bits per heavy atom. The summed E-state index contributed by atoms with van der Waals surface area (Å²) < 4.78 is 5.31. The third kappa shape index (κ3) is 4.31. The molecule has 0 bridgehead atoms. The minimum atomic E-state index is -0.257. The molecule has 0 saturated heterocycles. The number of amides is 1. The molecule has 0 aliphatic heterocycles. The second-order valence-electron chi connectivity index (χ2n) is 6.07. The topological polar surface area (TPSA) is 54.9 Å². The molecule has 2 aromatic carbocycles. The molecule has 3 aromatic rings. The number of carbonyl (C=O) groups excluding carboxylic acids is 1. The van der Waals surface area contributed by atoms with Gasteiger partial charge in [0.05, 0.1) is 17.7 Å². The van der Waals surface area contributed by atoms with E-state index in [-0.39, 0.29) is 18.0 Å². The molecule has 0 saturated carbocycles. The number of hydrogen-bond acceptors (Lipinski definition) is 3. The predicted molar refractivity (Wildman–Crippen MR) is 106 cm³/mol. The fourth-order valence-electron chi connectivity index (χ4n) is 2.87. The van der Waals surface area contributed by atoms with Gasteiger partial charge in [0.1, 0.15) is 11.8 Å². The quantitative estimate of drug-likeness (QED) is 0.672. The summed E-state index contributed by atoms with van der Waals surface area (Å²) in [6.45, 7) is 1.92. The molecule has 1 amide bonds. The van der Waals surface area contributed by atoms with Gasteiger partial charge < -0.3 is 15.4 Å². The lowest BCUT2D eigenvalue weighted by Crippen LogP contribution is -2.92. The molecule has 0 spiro atoms. The summed E-state index contributed by atoms with van der Waals surface area (Å²) >= 11 is 1.71. The number of anilines is 1. The Labute approximate surface area is 157 Å². The minimum Gasteiger partial charge on any atom is -0.495 e. The largest absolute Gasteiger partial charge is 0.495 e. The third-order valence-corrected chi connectivity index (χ3v) is 5.22. The lowest BCUT2D eigenvalue weighted by molar-refractivity contribution is -0.703. The normalized spacial score (nSPS) is 13.0. The van der Waals surface area contributed by atoms with E-state index >= 15 is 0 Å². The molecule has 3 rings (SSSR count). The van der Waals surface area contributed by atoms with E-state index in [1.807, 2.05) is 55.5 Å². The summed E-state index contributed by atoms with van der Waals surface area (Å²) in [5.74, 6) is 0.609. The number of nitrogens with one attached hydrogen (secondary N) is 1. The first-order chi connectivity index (χ1) is 12.7. The summed E-state index contributed by atoms with van der Waals surface area (Å²) in [6.07, 6.45) is 0. The fourth-order valence-corrected chi connectivity index (χ4v) is 3.70. The molecule has 0 aliphatic rings. The molecule has 0 aliphatic carbocycles. The maximum Gasteiger partial charge on any atom is 0.282 e. The molecule has 0 unspecified atom stereocenters. The zero-order valence-electron chi connectivity index (χ0n) is 14.9. The zero-order valence-corrected chi connectivity index (χ0v) is 15.7. The average molecular weight is 367 g/mol. The van der Waals surface area contributed by atoms with Crippen molar-refractivity contribution >= 4 is 22.9 Å². The van der Waals surface area contributed by atoms with E-state index in [1.54, 1.807) is 18.4 Å². The minimum absolute atomic E-state index is 0.0491. The Balaban J connectivity index is 1.75. The Kier molecular flexibility index (Phi) is 6.04. The number of carbonyl (C=O) groups is 1. The number of benzene rings is 2. The number of rotatable bonds is 7. The van der Waals surface area contributed by atoms with Crippen LogP contribution in [0, 0.1) is 0 Å². The highest BCUT2D eigenvalue weighted by molar-refractivity contribution is 7.10. The summed E-state index contributed by atoms with van der Waals surface area (Å²) in [4.78, 5) is 14.0. The molecule has 4 nitrogen and oxygen atoms in total. The number of thiophene rings is 1. The molecular formula is C21H23N2O2S+. The van der Waals surface area contributed by atoms with E-state index in [4.69, 9.17) is 4.74 Å². The average Bonchev–Trinajstić information content (AvgIpc) is 3.21. The van der Waals surface area contributed by atoms with Crippen molar-refractivity contribution in [2.75, 3.05) is 12.4 Å². The Morgan fingerprint density at radius 1 is 1.04 bits per heavy atom. The molecule has 2 atom stereocenters. The van der Waals surface area contributed by atoms with Gasteiger partial charge in [-0.15, -0.1) is 11.3 Å². The Morgan fingerprint density at radius 2 is 1.77 bits per heavy atom. The molecule has 0 radical (unpaired) electrons. The number of nitrogens with two attached hydrogens (primary N) is 1. The molecular weight excluding hydrogens is 344 g/mol. The van der Waals surface area contributed by atoms with Crippen molar-refractivity contribution in [3.8, 4) is 5.75 Å². The van der Waals surface area contributed by atoms with Gasteiger partial charge in [0, 0.05) is 5.56 Å². The van der Waals surface area contributed by atoms with Crippen molar-refractivity contribution in [3.63, 3.8) is 0 Å². The van der Waals surface area contributed by atoms with E-state index in [0.717, 1.165) is 0 Å². The van der Waals surface area contributed by atoms with E-state index in [2.05, 4.69) is 34.2 Å². The van der Waals surface area contributed by atoms with E-state index in [1.165, 1.54) is 10.4 Å². The first-order valence-corrected chi connectivity index (χ1v) is 9.44. The highest BCUT2D eigenvalue weighted by atomic mass is 32.1. The van der Waals surface area contributed by atoms with Gasteiger partial charge in [-0.3, -0.25) is 4.79 Å². The molecule has 26 heavy (non-hydrogen) atoms. The van der Waals surface area contributed by atoms with Crippen molar-refractivity contribution < 1.29 is 14.8 Å². The maximum absolute atomic E-state index is 12.7. The standard InChI is InChI=1S/C21H22N2O2S/c1-15(21(24)23-17-11-6-7-12-18(17)25-2)22-20(19-13-8-14-26-19)16-9-4-3-5-10-16/h3-15,20,22H,1-2H3,(H,23,24)/p+1/t15-,20+/m1/s1. The van der Waals surface area contributed by atoms with Crippen LogP contribution in [0.15, 0.2) is 72.1 Å². The zero-order chi connectivity index (χ0) is 18.4. The van der Waals surface area contributed by atoms with Crippen LogP contribution >= 0.6 is 11.3 Å². The molecule has 1 heterocycles. The number of para-hydroxylation sites is 2. The first kappa shape index (κ1) is 18.2. The Hall–Kier alpha value is -2.63. The second kappa shape index (κ2) is 8.65. The van der Waals surface area contributed by atoms with Gasteiger partial charge in [-0.05, 0) is 30.5 Å². The van der Waals surface area contributed by atoms with Crippen LogP contribution in [0.4, 0.5) is 5.69 Å². The Bertz CT molecular complexity index is 834. The molecule has 134 valence electrons. The lowest BCUT2D eigenvalue weighted by atomic mass is 10.0. The molecule has 5 heteroatoms. The summed E-state index contributed by atoms with van der Waals surface area (Å²) in [6, 6.07) is 21.7. The van der Waals surface area contributed by atoms with Gasteiger partial charge in [0.2, 0.25) is 0 Å². The van der Waals surface area contributed by atoms with Gasteiger partial charge in [0.25, 0.3) is 5.91 Å². The first-order valence-electron chi connectivity index (χ1n) is 8.56. The van der Waals surface area contributed by atoms with Crippen molar-refractivity contribution in [1.29, 1.82) is 0 Å². The van der Waals surface area contributed by atoms with Gasteiger partial charge in [-0.2, -0.15) is 0 Å². The van der Waals surface area contributed by atoms with Crippen molar-refractivity contribution in [1.82, 2.24) is 0 Å². The summed E-state index contributed by atoms with van der Waals surface area (Å²) in [7, 11) is 1.60. The summed E-state index contributed by atoms with van der Waals surface area (Å²) in [5.41, 5.74) is 1.87. The number of hydrogen-bond donors (Lipinski definition) is 2. The highest BCUT2D eigenvalue weighted by Gasteiger charge is 2.25. The van der Waals surface area contributed by atoms with E-state index < -0.39 is 0 Å². The number of quaternary nitrogens is 1. The van der Waals surface area contributed by atoms with Crippen molar-refractivity contribution in [3.05, 3.63) is 82.6 Å². The van der Waals surface area contributed by atoms with E-state index in [0.29, 0.717) is 11.4 Å². The third-order valence-electron chi connectivity index (χ3n) is 4.27. The van der Waals surface area contributed by atoms with E-state index in [9.17, 15) is 4.79 Å². The van der Waals surface area contributed by atoms with Crippen molar-refractivity contribution in [2.45, 2.75) is 19.0 Å². The predicted octanol–water partition coefficient (Wildman–Crippen LogP) is 3.44. The lowest BCUT2D eigenvalue weighted by Gasteiger charge is -2.20. The number of ether oxygens (including phenoxy) is 1. The molecule has 0 fully saturated rings. The maximum atomic E-state index is 12.7. The van der Waals surface area contributed by atoms with Crippen LogP contribution in [-0.4, -0.2) is 19.1 Å². The van der Waals surface area contributed by atoms with Gasteiger partial charge >= 0.3 is 0 Å². The van der Waals surface area contributed by atoms with Crippen LogP contribution in [0.2, 0.25) is 0 Å². The molecule has 1 aromatic heterocycles. The van der Waals surface area contributed by atoms with Crippen LogP contribution in [0.3, 0.4) is 0 Å². The van der Waals surface area contributed by atoms with Crippen molar-refractivity contribution in [2.24, 2.45) is 0 Å². The van der Waals surface area contributed by atoms with Crippen LogP contribution in [0.1, 0.15) is 23.4 Å². The van der Waals surface area contributed by atoms with Gasteiger partial charge in [-0.1, -0.05) is 48.5 Å². The van der Waals surface area contributed by atoms with Gasteiger partial charge in [0.15, 0.2) is 6.04 Å². The second-order valence-corrected chi connectivity index (χ2v) is 7.05. The monoisotopic (exact) mass is 367 g/mol. The SMILES string of the molecule is COc1ccccc1NC(=O)[C@@H](C)[NH2+][C@@H](c1ccccc1)c1cccs1. The van der Waals surface area contributed by atoms with Crippen LogP contribution in [0.5, 0.6) is 5.75 Å². The highest BCUT2D eigenvalue weighted by Crippen LogP contribution is 2.24. The fraction of sp³-hybridized carbons (Fsp3) is 0.190.